The summed E-state index contributed by atoms with van der Waals surface area (Å²) in [5.74, 6) is 1.32. The molecule has 1 aromatic heterocycles. The van der Waals surface area contributed by atoms with Crippen LogP contribution in [0.1, 0.15) is 39.2 Å². The second kappa shape index (κ2) is 6.60. The van der Waals surface area contributed by atoms with E-state index in [1.807, 2.05) is 6.07 Å². The highest BCUT2D eigenvalue weighted by Gasteiger charge is 2.18. The van der Waals surface area contributed by atoms with Gasteiger partial charge in [0.15, 0.2) is 0 Å². The van der Waals surface area contributed by atoms with Crippen LogP contribution < -0.4 is 5.73 Å². The number of nitrogen functional groups attached to an aromatic ring is 1. The van der Waals surface area contributed by atoms with Crippen molar-refractivity contribution in [2.45, 2.75) is 46.2 Å². The standard InChI is InChI=1S/C14H25N3/c1-5-7-13(11(2)3)17(4)10-12-8-6-9-16-14(12)15/h6,8-9,11,13H,5,7,10H2,1-4H3,(H2,15,16)/t13-/m1/s1. The van der Waals surface area contributed by atoms with Crippen LogP contribution in [0.4, 0.5) is 5.82 Å². The van der Waals surface area contributed by atoms with E-state index in [9.17, 15) is 0 Å². The lowest BCUT2D eigenvalue weighted by molar-refractivity contribution is 0.173. The molecule has 3 heteroatoms. The van der Waals surface area contributed by atoms with Crippen LogP contribution in [0.5, 0.6) is 0 Å². The van der Waals surface area contributed by atoms with Crippen molar-refractivity contribution in [2.75, 3.05) is 12.8 Å². The molecule has 0 aliphatic carbocycles. The molecule has 0 aromatic carbocycles. The van der Waals surface area contributed by atoms with Gasteiger partial charge in [0.2, 0.25) is 0 Å². The maximum absolute atomic E-state index is 5.88. The Bertz CT molecular complexity index is 336. The molecule has 0 amide bonds. The monoisotopic (exact) mass is 235 g/mol. The number of anilines is 1. The third-order valence-electron chi connectivity index (χ3n) is 3.27. The largest absolute Gasteiger partial charge is 0.383 e. The highest BCUT2D eigenvalue weighted by Crippen LogP contribution is 2.18. The van der Waals surface area contributed by atoms with Crippen LogP contribution in [-0.2, 0) is 6.54 Å². The number of aromatic nitrogens is 1. The fourth-order valence-electron chi connectivity index (χ4n) is 2.33. The van der Waals surface area contributed by atoms with Gasteiger partial charge < -0.3 is 5.73 Å². The average Bonchev–Trinajstić information content (AvgIpc) is 2.28. The van der Waals surface area contributed by atoms with Gasteiger partial charge in [0, 0.05) is 24.3 Å². The molecule has 0 fully saturated rings. The predicted octanol–water partition coefficient (Wildman–Crippen LogP) is 2.92. The molecule has 1 rings (SSSR count). The normalized spacial score (nSPS) is 13.3. The van der Waals surface area contributed by atoms with E-state index in [4.69, 9.17) is 5.73 Å². The Hall–Kier alpha value is -1.09. The minimum absolute atomic E-state index is 0.611. The molecule has 1 atom stereocenters. The first-order valence-electron chi connectivity index (χ1n) is 6.45. The molecule has 0 saturated carbocycles. The second-order valence-electron chi connectivity index (χ2n) is 5.06. The van der Waals surface area contributed by atoms with Crippen molar-refractivity contribution in [3.05, 3.63) is 23.9 Å². The molecule has 96 valence electrons. The van der Waals surface area contributed by atoms with Gasteiger partial charge in [-0.15, -0.1) is 0 Å². The zero-order valence-corrected chi connectivity index (χ0v) is 11.5. The van der Waals surface area contributed by atoms with Crippen molar-refractivity contribution in [1.29, 1.82) is 0 Å². The number of nitrogens with two attached hydrogens (primary N) is 1. The van der Waals surface area contributed by atoms with Gasteiger partial charge in [0.1, 0.15) is 5.82 Å². The first kappa shape index (κ1) is 14.0. The van der Waals surface area contributed by atoms with Gasteiger partial charge in [0.05, 0.1) is 0 Å². The maximum atomic E-state index is 5.88. The van der Waals surface area contributed by atoms with Crippen molar-refractivity contribution in [2.24, 2.45) is 5.92 Å². The van der Waals surface area contributed by atoms with Crippen molar-refractivity contribution in [1.82, 2.24) is 9.88 Å². The topological polar surface area (TPSA) is 42.2 Å². The smallest absolute Gasteiger partial charge is 0.127 e. The van der Waals surface area contributed by atoms with Crippen molar-refractivity contribution < 1.29 is 0 Å². The van der Waals surface area contributed by atoms with E-state index in [0.717, 1.165) is 12.1 Å². The van der Waals surface area contributed by atoms with Gasteiger partial charge in [-0.05, 0) is 25.5 Å². The molecule has 17 heavy (non-hydrogen) atoms. The maximum Gasteiger partial charge on any atom is 0.127 e. The summed E-state index contributed by atoms with van der Waals surface area (Å²) in [6, 6.07) is 4.62. The third-order valence-corrected chi connectivity index (χ3v) is 3.27. The molecule has 1 aromatic rings. The third kappa shape index (κ3) is 4.00. The zero-order valence-electron chi connectivity index (χ0n) is 11.5. The molecular formula is C14H25N3. The van der Waals surface area contributed by atoms with Crippen LogP contribution >= 0.6 is 0 Å². The van der Waals surface area contributed by atoms with Crippen molar-refractivity contribution in [3.8, 4) is 0 Å². The van der Waals surface area contributed by atoms with E-state index in [0.29, 0.717) is 17.8 Å². The summed E-state index contributed by atoms with van der Waals surface area (Å²) >= 11 is 0. The summed E-state index contributed by atoms with van der Waals surface area (Å²) in [7, 11) is 2.17. The first-order chi connectivity index (χ1) is 8.06. The van der Waals surface area contributed by atoms with E-state index in [1.165, 1.54) is 12.8 Å². The minimum Gasteiger partial charge on any atom is -0.383 e. The molecular weight excluding hydrogens is 210 g/mol. The number of hydrogen-bond acceptors (Lipinski definition) is 3. The molecule has 0 saturated heterocycles. The Morgan fingerprint density at radius 1 is 1.41 bits per heavy atom. The highest BCUT2D eigenvalue weighted by molar-refractivity contribution is 5.38. The fraction of sp³-hybridized carbons (Fsp3) is 0.643. The Kier molecular flexibility index (Phi) is 5.42. The zero-order chi connectivity index (χ0) is 12.8. The van der Waals surface area contributed by atoms with Crippen LogP contribution in [-0.4, -0.2) is 23.0 Å². The second-order valence-corrected chi connectivity index (χ2v) is 5.06. The van der Waals surface area contributed by atoms with E-state index < -0.39 is 0 Å². The van der Waals surface area contributed by atoms with Crippen LogP contribution in [0.15, 0.2) is 18.3 Å². The Balaban J connectivity index is 2.69. The Morgan fingerprint density at radius 2 is 2.12 bits per heavy atom. The summed E-state index contributed by atoms with van der Waals surface area (Å²) in [4.78, 5) is 6.52. The van der Waals surface area contributed by atoms with Crippen LogP contribution in [0.25, 0.3) is 0 Å². The summed E-state index contributed by atoms with van der Waals surface area (Å²) in [5.41, 5.74) is 7.00. The number of hydrogen-bond donors (Lipinski definition) is 1. The van der Waals surface area contributed by atoms with Crippen LogP contribution in [0.2, 0.25) is 0 Å². The molecule has 2 N–H and O–H groups in total. The molecule has 0 aliphatic heterocycles. The Labute approximate surface area is 105 Å². The van der Waals surface area contributed by atoms with Gasteiger partial charge in [-0.2, -0.15) is 0 Å². The average molecular weight is 235 g/mol. The molecule has 3 nitrogen and oxygen atoms in total. The number of rotatable bonds is 6. The van der Waals surface area contributed by atoms with E-state index in [2.05, 4.69) is 43.8 Å². The van der Waals surface area contributed by atoms with Gasteiger partial charge in [-0.1, -0.05) is 33.3 Å². The van der Waals surface area contributed by atoms with Crippen LogP contribution in [0.3, 0.4) is 0 Å². The lowest BCUT2D eigenvalue weighted by atomic mass is 9.98. The fourth-order valence-corrected chi connectivity index (χ4v) is 2.33. The lowest BCUT2D eigenvalue weighted by Crippen LogP contribution is -2.35. The van der Waals surface area contributed by atoms with Crippen molar-refractivity contribution in [3.63, 3.8) is 0 Å². The van der Waals surface area contributed by atoms with Gasteiger partial charge in [-0.25, -0.2) is 4.98 Å². The molecule has 0 unspecified atom stereocenters. The summed E-state index contributed by atoms with van der Waals surface area (Å²) < 4.78 is 0. The predicted molar refractivity (Wildman–Crippen MR) is 73.7 cm³/mol. The quantitative estimate of drug-likeness (QED) is 0.824. The minimum atomic E-state index is 0.611. The van der Waals surface area contributed by atoms with Gasteiger partial charge >= 0.3 is 0 Å². The SMILES string of the molecule is CCC[C@H](C(C)C)N(C)Cc1cccnc1N. The molecule has 1 heterocycles. The molecule has 0 radical (unpaired) electrons. The summed E-state index contributed by atoms with van der Waals surface area (Å²) in [6.45, 7) is 7.68. The highest BCUT2D eigenvalue weighted by atomic mass is 15.1. The summed E-state index contributed by atoms with van der Waals surface area (Å²) in [5, 5.41) is 0. The Morgan fingerprint density at radius 3 is 2.65 bits per heavy atom. The van der Waals surface area contributed by atoms with Gasteiger partial charge in [0.25, 0.3) is 0 Å². The molecule has 0 bridgehead atoms. The van der Waals surface area contributed by atoms with Crippen molar-refractivity contribution >= 4 is 5.82 Å². The van der Waals surface area contributed by atoms with E-state index >= 15 is 0 Å². The number of nitrogens with zero attached hydrogens (tertiary/aromatic N) is 2. The van der Waals surface area contributed by atoms with E-state index in [1.54, 1.807) is 6.20 Å². The molecule has 0 spiro atoms. The molecule has 0 aliphatic rings. The first-order valence-corrected chi connectivity index (χ1v) is 6.45. The van der Waals surface area contributed by atoms with Crippen LogP contribution in [0, 0.1) is 5.92 Å². The number of pyridine rings is 1. The van der Waals surface area contributed by atoms with E-state index in [-0.39, 0.29) is 0 Å². The lowest BCUT2D eigenvalue weighted by Gasteiger charge is -2.31. The summed E-state index contributed by atoms with van der Waals surface area (Å²) in [6.07, 6.45) is 4.19. The van der Waals surface area contributed by atoms with Gasteiger partial charge in [-0.3, -0.25) is 4.90 Å².